The summed E-state index contributed by atoms with van der Waals surface area (Å²) in [5.74, 6) is 2.10. The molecule has 250 valence electrons. The highest BCUT2D eigenvalue weighted by molar-refractivity contribution is 9.09. The number of hydrogen-bond acceptors (Lipinski definition) is 3. The zero-order valence-corrected chi connectivity index (χ0v) is 30.1. The Morgan fingerprint density at radius 3 is 2.23 bits per heavy atom. The highest BCUT2D eigenvalue weighted by atomic mass is 79.9. The summed E-state index contributed by atoms with van der Waals surface area (Å²) >= 11 is 3.76. The van der Waals surface area contributed by atoms with E-state index in [1.54, 1.807) is 0 Å². The fraction of sp³-hybridized carbons (Fsp3) is 0.895. The summed E-state index contributed by atoms with van der Waals surface area (Å²) in [4.78, 5) is 25.1. The summed E-state index contributed by atoms with van der Waals surface area (Å²) in [6.45, 7) is 17.8. The maximum absolute atomic E-state index is 14.3. The van der Waals surface area contributed by atoms with Gasteiger partial charge in [-0.3, -0.25) is 9.59 Å². The van der Waals surface area contributed by atoms with E-state index in [4.69, 9.17) is 5.11 Å². The Labute approximate surface area is 276 Å². The molecule has 0 spiro atoms. The molecule has 0 bridgehead atoms. The predicted molar refractivity (Wildman–Crippen MR) is 181 cm³/mol. The van der Waals surface area contributed by atoms with Crippen LogP contribution in [0.5, 0.6) is 0 Å². The first kappa shape index (κ1) is 34.5. The Bertz CT molecular complexity index is 1110. The number of carbonyl (C=O) groups excluding carboxylic acids is 1. The molecule has 5 nitrogen and oxygen atoms in total. The van der Waals surface area contributed by atoms with Crippen LogP contribution in [0.2, 0.25) is 0 Å². The fourth-order valence-electron chi connectivity index (χ4n) is 12.8. The maximum Gasteiger partial charge on any atom is 0.303 e. The lowest BCUT2D eigenvalue weighted by Gasteiger charge is -2.72. The summed E-state index contributed by atoms with van der Waals surface area (Å²) in [6, 6.07) is 0. The number of aliphatic carboxylic acids is 1. The smallest absolute Gasteiger partial charge is 0.303 e. The molecule has 6 heteroatoms. The maximum atomic E-state index is 14.3. The standard InChI is InChI=1S/C38H62BrNO4/c1-25(24-39)26-15-20-38(33(44)40-23-11-9-7-8-10-12-31(42)43)22-21-36(5)27(32(26)38)13-14-29-35(4)18-17-30(41)34(2,3)28(35)16-19-37(29,36)6/h26-30,32,41H,1,7-24H2,2-6H3,(H,40,44)(H,42,43)/t26-,27+,28-,29+,30-,32+,35-,36+,37+,38-/m0/s1. The Morgan fingerprint density at radius 1 is 0.818 bits per heavy atom. The Kier molecular flexibility index (Phi) is 9.88. The minimum Gasteiger partial charge on any atom is -0.481 e. The van der Waals surface area contributed by atoms with Gasteiger partial charge >= 0.3 is 5.97 Å². The molecule has 0 unspecified atom stereocenters. The summed E-state index contributed by atoms with van der Waals surface area (Å²) in [7, 11) is 0. The van der Waals surface area contributed by atoms with Gasteiger partial charge in [-0.05, 0) is 128 Å². The van der Waals surface area contributed by atoms with Gasteiger partial charge in [0.2, 0.25) is 5.91 Å². The van der Waals surface area contributed by atoms with Crippen molar-refractivity contribution in [1.82, 2.24) is 5.32 Å². The molecular formula is C38H62BrNO4. The molecule has 0 aromatic heterocycles. The molecule has 0 aromatic carbocycles. The quantitative estimate of drug-likeness (QED) is 0.116. The molecule has 10 atom stereocenters. The first-order chi connectivity index (χ1) is 20.7. The minimum absolute atomic E-state index is 0.0332. The van der Waals surface area contributed by atoms with E-state index in [9.17, 15) is 14.7 Å². The van der Waals surface area contributed by atoms with Crippen LogP contribution in [0.4, 0.5) is 0 Å². The number of nitrogens with one attached hydrogen (secondary N) is 1. The second kappa shape index (κ2) is 12.6. The van der Waals surface area contributed by atoms with E-state index in [0.717, 1.165) is 82.5 Å². The van der Waals surface area contributed by atoms with E-state index in [0.29, 0.717) is 35.5 Å². The van der Waals surface area contributed by atoms with Crippen molar-refractivity contribution in [2.24, 2.45) is 56.7 Å². The van der Waals surface area contributed by atoms with Crippen LogP contribution in [0.25, 0.3) is 0 Å². The molecule has 0 aromatic rings. The number of rotatable bonds is 11. The molecule has 1 amide bonds. The van der Waals surface area contributed by atoms with E-state index in [1.807, 2.05) is 0 Å². The van der Waals surface area contributed by atoms with Crippen LogP contribution in [0.3, 0.4) is 0 Å². The van der Waals surface area contributed by atoms with E-state index in [1.165, 1.54) is 31.3 Å². The number of aliphatic hydroxyl groups excluding tert-OH is 1. The number of alkyl halides is 1. The third-order valence-corrected chi connectivity index (χ3v) is 16.1. The summed E-state index contributed by atoms with van der Waals surface area (Å²) in [5, 5.41) is 24.2. The molecule has 5 aliphatic carbocycles. The number of amides is 1. The molecule has 5 rings (SSSR count). The van der Waals surface area contributed by atoms with Crippen LogP contribution in [-0.4, -0.2) is 40.1 Å². The number of fused-ring (bicyclic) bond motifs is 7. The summed E-state index contributed by atoms with van der Waals surface area (Å²) in [6.07, 6.45) is 15.9. The van der Waals surface area contributed by atoms with Crippen molar-refractivity contribution in [2.45, 2.75) is 143 Å². The van der Waals surface area contributed by atoms with Crippen molar-refractivity contribution in [3.05, 3.63) is 12.2 Å². The molecule has 0 saturated heterocycles. The Morgan fingerprint density at radius 2 is 1.52 bits per heavy atom. The normalized spacial score (nSPS) is 44.1. The van der Waals surface area contributed by atoms with Crippen LogP contribution < -0.4 is 5.32 Å². The molecular weight excluding hydrogens is 614 g/mol. The van der Waals surface area contributed by atoms with Crippen molar-refractivity contribution in [2.75, 3.05) is 11.9 Å². The Hall–Kier alpha value is -0.880. The van der Waals surface area contributed by atoms with Gasteiger partial charge in [0.1, 0.15) is 0 Å². The van der Waals surface area contributed by atoms with Crippen molar-refractivity contribution in [3.8, 4) is 0 Å². The molecule has 44 heavy (non-hydrogen) atoms. The van der Waals surface area contributed by atoms with Crippen molar-refractivity contribution < 1.29 is 19.8 Å². The van der Waals surface area contributed by atoms with Gasteiger partial charge in [0, 0.05) is 18.3 Å². The molecule has 0 heterocycles. The largest absolute Gasteiger partial charge is 0.481 e. The van der Waals surface area contributed by atoms with Crippen LogP contribution in [0, 0.1) is 56.7 Å². The molecule has 0 aliphatic heterocycles. The number of carbonyl (C=O) groups is 2. The van der Waals surface area contributed by atoms with E-state index >= 15 is 0 Å². The molecule has 5 aliphatic rings. The number of halogens is 1. The fourth-order valence-corrected chi connectivity index (χ4v) is 13.3. The second-order valence-corrected chi connectivity index (χ2v) is 17.9. The van der Waals surface area contributed by atoms with Gasteiger partial charge in [0.25, 0.3) is 0 Å². The lowest BCUT2D eigenvalue weighted by molar-refractivity contribution is -0.246. The first-order valence-electron chi connectivity index (χ1n) is 18.1. The van der Waals surface area contributed by atoms with Gasteiger partial charge in [0.15, 0.2) is 0 Å². The van der Waals surface area contributed by atoms with Crippen molar-refractivity contribution in [1.29, 1.82) is 0 Å². The highest BCUT2D eigenvalue weighted by Gasteiger charge is 2.71. The SMILES string of the molecule is C=C(CBr)[C@@H]1CC[C@]2(C(=O)NCCCCCCCC(=O)O)CC[C@]3(C)[C@H](CC[C@@H]4[C@@]5(C)CC[C@H](O)C(C)(C)[C@@H]5CC[C@]43C)[C@@H]12. The summed E-state index contributed by atoms with van der Waals surface area (Å²) < 4.78 is 0. The minimum atomic E-state index is -0.714. The van der Waals surface area contributed by atoms with Gasteiger partial charge in [-0.15, -0.1) is 0 Å². The zero-order valence-electron chi connectivity index (χ0n) is 28.5. The van der Waals surface area contributed by atoms with Crippen LogP contribution in [-0.2, 0) is 9.59 Å². The van der Waals surface area contributed by atoms with Gasteiger partial charge in [-0.1, -0.05) is 82.0 Å². The monoisotopic (exact) mass is 675 g/mol. The van der Waals surface area contributed by atoms with Crippen LogP contribution >= 0.6 is 15.9 Å². The summed E-state index contributed by atoms with van der Waals surface area (Å²) in [5.41, 5.74) is 1.66. The third-order valence-electron chi connectivity index (χ3n) is 15.4. The lowest BCUT2D eigenvalue weighted by Crippen LogP contribution is -2.67. The third kappa shape index (κ3) is 5.36. The number of hydrogen-bond donors (Lipinski definition) is 3. The van der Waals surface area contributed by atoms with Gasteiger partial charge in [-0.2, -0.15) is 0 Å². The highest BCUT2D eigenvalue weighted by Crippen LogP contribution is 2.77. The second-order valence-electron chi connectivity index (χ2n) is 17.3. The Balaban J connectivity index is 1.35. The van der Waals surface area contributed by atoms with Gasteiger partial charge < -0.3 is 15.5 Å². The van der Waals surface area contributed by atoms with Gasteiger partial charge in [0.05, 0.1) is 11.5 Å². The van der Waals surface area contributed by atoms with Crippen LogP contribution in [0.1, 0.15) is 137 Å². The van der Waals surface area contributed by atoms with E-state index in [2.05, 4.69) is 62.4 Å². The lowest BCUT2D eigenvalue weighted by atomic mass is 9.32. The topological polar surface area (TPSA) is 86.6 Å². The average molecular weight is 677 g/mol. The van der Waals surface area contributed by atoms with Crippen LogP contribution in [0.15, 0.2) is 12.2 Å². The van der Waals surface area contributed by atoms with E-state index < -0.39 is 5.97 Å². The van der Waals surface area contributed by atoms with Gasteiger partial charge in [-0.25, -0.2) is 0 Å². The van der Waals surface area contributed by atoms with Crippen molar-refractivity contribution >= 4 is 27.8 Å². The molecule has 0 radical (unpaired) electrons. The van der Waals surface area contributed by atoms with Crippen molar-refractivity contribution in [3.63, 3.8) is 0 Å². The average Bonchev–Trinajstić information content (AvgIpc) is 3.37. The number of aliphatic hydroxyl groups is 1. The zero-order chi connectivity index (χ0) is 32.1. The number of allylic oxidation sites excluding steroid dienone is 1. The number of carboxylic acids is 1. The first-order valence-corrected chi connectivity index (χ1v) is 19.2. The molecule has 3 N–H and O–H groups in total. The number of carboxylic acid groups (broad SMARTS) is 1. The number of unbranched alkanes of at least 4 members (excludes halogenated alkanes) is 4. The molecule has 5 fully saturated rings. The predicted octanol–water partition coefficient (Wildman–Crippen LogP) is 8.92. The van der Waals surface area contributed by atoms with E-state index in [-0.39, 0.29) is 39.6 Å². The molecule has 5 saturated carbocycles.